The van der Waals surface area contributed by atoms with Crippen molar-refractivity contribution in [2.75, 3.05) is 26.2 Å². The number of sulfonamides is 1. The molecule has 1 aliphatic rings. The highest BCUT2D eigenvalue weighted by Crippen LogP contribution is 2.36. The van der Waals surface area contributed by atoms with Gasteiger partial charge in [0, 0.05) is 32.4 Å². The predicted octanol–water partition coefficient (Wildman–Crippen LogP) is 2.34. The summed E-state index contributed by atoms with van der Waals surface area (Å²) in [7, 11) is -4.26. The van der Waals surface area contributed by atoms with Gasteiger partial charge >= 0.3 is 6.18 Å². The minimum absolute atomic E-state index is 0.00676. The van der Waals surface area contributed by atoms with Crippen molar-refractivity contribution in [3.63, 3.8) is 0 Å². The van der Waals surface area contributed by atoms with E-state index in [1.807, 2.05) is 0 Å². The van der Waals surface area contributed by atoms with E-state index in [0.29, 0.717) is 17.3 Å². The summed E-state index contributed by atoms with van der Waals surface area (Å²) >= 11 is 5.61. The lowest BCUT2D eigenvalue weighted by molar-refractivity contribution is -0.137. The number of fused-ring (bicyclic) bond motifs is 1. The van der Waals surface area contributed by atoms with E-state index in [4.69, 9.17) is 11.6 Å². The van der Waals surface area contributed by atoms with Gasteiger partial charge in [-0.2, -0.15) is 22.6 Å². The van der Waals surface area contributed by atoms with E-state index < -0.39 is 37.6 Å². The lowest BCUT2D eigenvalue weighted by atomic mass is 10.2. The number of hydrogen-bond donors (Lipinski definition) is 1. The third-order valence-electron chi connectivity index (χ3n) is 6.24. The summed E-state index contributed by atoms with van der Waals surface area (Å²) in [6.45, 7) is 1.40. The fourth-order valence-corrected chi connectivity index (χ4v) is 5.87. The molecule has 1 N–H and O–H groups in total. The highest BCUT2D eigenvalue weighted by molar-refractivity contribution is 7.89. The molecule has 38 heavy (non-hydrogen) atoms. The standard InChI is InChI=1S/C22H19ClF3N7O4S/c1-13-15(12-27-33(13)21-28-19(34)18-3-2-6-32(18)29-21)20(35)30-7-9-31(10-8-30)38(36,37)14-4-5-17(23)16(11-14)22(24,25)26/h2-6,11-12H,7-10H2,1H3,(H,28,29,34). The van der Waals surface area contributed by atoms with Gasteiger partial charge in [0.1, 0.15) is 5.52 Å². The van der Waals surface area contributed by atoms with Crippen molar-refractivity contribution in [3.05, 3.63) is 74.9 Å². The number of aromatic nitrogens is 5. The molecule has 0 aliphatic carbocycles. The molecule has 200 valence electrons. The first-order valence-corrected chi connectivity index (χ1v) is 13.0. The molecule has 0 unspecified atom stereocenters. The van der Waals surface area contributed by atoms with Crippen LogP contribution >= 0.6 is 11.6 Å². The normalized spacial score (nSPS) is 15.3. The van der Waals surface area contributed by atoms with Crippen LogP contribution in [0, 0.1) is 6.92 Å². The van der Waals surface area contributed by atoms with E-state index in [0.717, 1.165) is 16.4 Å². The number of benzene rings is 1. The Balaban J connectivity index is 1.33. The molecule has 4 aromatic rings. The molecule has 1 fully saturated rings. The number of rotatable bonds is 4. The molecule has 3 aromatic heterocycles. The van der Waals surface area contributed by atoms with Gasteiger partial charge in [-0.25, -0.2) is 17.6 Å². The van der Waals surface area contributed by atoms with Crippen LogP contribution in [0.4, 0.5) is 13.2 Å². The largest absolute Gasteiger partial charge is 0.417 e. The number of hydrogen-bond acceptors (Lipinski definition) is 6. The summed E-state index contributed by atoms with van der Waals surface area (Å²) in [5.74, 6) is -0.312. The van der Waals surface area contributed by atoms with Gasteiger partial charge in [-0.1, -0.05) is 11.6 Å². The Morgan fingerprint density at radius 2 is 1.84 bits per heavy atom. The monoisotopic (exact) mass is 569 g/mol. The average molecular weight is 570 g/mol. The van der Waals surface area contributed by atoms with Crippen molar-refractivity contribution < 1.29 is 26.4 Å². The van der Waals surface area contributed by atoms with E-state index in [1.165, 1.54) is 20.3 Å². The van der Waals surface area contributed by atoms with Gasteiger partial charge in [-0.3, -0.25) is 14.6 Å². The smallest absolute Gasteiger partial charge is 0.336 e. The highest BCUT2D eigenvalue weighted by Gasteiger charge is 2.37. The van der Waals surface area contributed by atoms with Gasteiger partial charge in [0.05, 0.1) is 32.9 Å². The molecular formula is C22H19ClF3N7O4S. The minimum Gasteiger partial charge on any atom is -0.336 e. The van der Waals surface area contributed by atoms with E-state index >= 15 is 0 Å². The highest BCUT2D eigenvalue weighted by atomic mass is 35.5. The van der Waals surface area contributed by atoms with Gasteiger partial charge in [-0.05, 0) is 37.3 Å². The first kappa shape index (κ1) is 25.9. The number of carbonyl (C=O) groups excluding carboxylic acids is 1. The van der Waals surface area contributed by atoms with E-state index in [2.05, 4.69) is 15.2 Å². The van der Waals surface area contributed by atoms with E-state index in [1.54, 1.807) is 25.3 Å². The van der Waals surface area contributed by atoms with Crippen LogP contribution in [0.15, 0.2) is 52.4 Å². The first-order valence-electron chi connectivity index (χ1n) is 11.2. The average Bonchev–Trinajstić information content (AvgIpc) is 3.50. The molecule has 1 saturated heterocycles. The fraction of sp³-hybridized carbons (Fsp3) is 0.273. The quantitative estimate of drug-likeness (QED) is 0.402. The van der Waals surface area contributed by atoms with Crippen LogP contribution in [0.1, 0.15) is 21.6 Å². The zero-order chi connectivity index (χ0) is 27.4. The fourth-order valence-electron chi connectivity index (χ4n) is 4.19. The van der Waals surface area contributed by atoms with Crippen molar-refractivity contribution >= 4 is 33.0 Å². The Kier molecular flexibility index (Phi) is 6.31. The number of piperazine rings is 1. The maximum absolute atomic E-state index is 13.2. The zero-order valence-electron chi connectivity index (χ0n) is 19.6. The number of halogens is 4. The van der Waals surface area contributed by atoms with Crippen molar-refractivity contribution in [2.24, 2.45) is 0 Å². The number of aromatic amines is 1. The maximum atomic E-state index is 13.2. The molecule has 0 spiro atoms. The molecular weight excluding hydrogens is 551 g/mol. The van der Waals surface area contributed by atoms with E-state index in [-0.39, 0.29) is 43.3 Å². The van der Waals surface area contributed by atoms with Crippen molar-refractivity contribution in [1.82, 2.24) is 33.6 Å². The molecule has 4 heterocycles. The van der Waals surface area contributed by atoms with Crippen LogP contribution in [0.25, 0.3) is 11.5 Å². The second-order valence-electron chi connectivity index (χ2n) is 8.51. The van der Waals surface area contributed by atoms with Crippen molar-refractivity contribution in [3.8, 4) is 5.95 Å². The molecule has 0 atom stereocenters. The summed E-state index contributed by atoms with van der Waals surface area (Å²) < 4.78 is 69.4. The van der Waals surface area contributed by atoms with Crippen LogP contribution < -0.4 is 5.56 Å². The predicted molar refractivity (Wildman–Crippen MR) is 129 cm³/mol. The number of alkyl halides is 3. The second kappa shape index (κ2) is 9.25. The van der Waals surface area contributed by atoms with Crippen LogP contribution in [-0.4, -0.2) is 74.1 Å². The van der Waals surface area contributed by atoms with Gasteiger partial charge in [-0.15, -0.1) is 5.10 Å². The summed E-state index contributed by atoms with van der Waals surface area (Å²) in [4.78, 5) is 29.0. The first-order chi connectivity index (χ1) is 17.9. The number of amides is 1. The number of carbonyl (C=O) groups is 1. The van der Waals surface area contributed by atoms with Crippen LogP contribution in [0.5, 0.6) is 0 Å². The Morgan fingerprint density at radius 1 is 1.13 bits per heavy atom. The van der Waals surface area contributed by atoms with Gasteiger partial charge in [0.15, 0.2) is 0 Å². The maximum Gasteiger partial charge on any atom is 0.417 e. The molecule has 5 rings (SSSR count). The summed E-state index contributed by atoms with van der Waals surface area (Å²) in [5, 5.41) is 7.87. The van der Waals surface area contributed by atoms with Gasteiger partial charge in [0.2, 0.25) is 16.0 Å². The Hall–Kier alpha value is -3.69. The number of H-pyrrole nitrogens is 1. The Labute approximate surface area is 218 Å². The van der Waals surface area contributed by atoms with Crippen molar-refractivity contribution in [1.29, 1.82) is 0 Å². The van der Waals surface area contributed by atoms with Crippen molar-refractivity contribution in [2.45, 2.75) is 18.0 Å². The topological polar surface area (TPSA) is 126 Å². The molecule has 0 radical (unpaired) electrons. The number of nitrogens with zero attached hydrogens (tertiary/aromatic N) is 6. The Bertz CT molecular complexity index is 1720. The number of nitrogens with one attached hydrogen (secondary N) is 1. The molecule has 0 saturated carbocycles. The molecule has 16 heteroatoms. The third kappa shape index (κ3) is 4.46. The van der Waals surface area contributed by atoms with Crippen LogP contribution in [-0.2, 0) is 16.2 Å². The summed E-state index contributed by atoms with van der Waals surface area (Å²) in [6, 6.07) is 5.69. The molecule has 1 aliphatic heterocycles. The lowest BCUT2D eigenvalue weighted by Gasteiger charge is -2.34. The van der Waals surface area contributed by atoms with E-state index in [9.17, 15) is 31.2 Å². The molecule has 1 amide bonds. The molecule has 11 nitrogen and oxygen atoms in total. The van der Waals surface area contributed by atoms with Gasteiger partial charge < -0.3 is 4.90 Å². The Morgan fingerprint density at radius 3 is 2.53 bits per heavy atom. The summed E-state index contributed by atoms with van der Waals surface area (Å²) in [5.41, 5.74) is -0.656. The zero-order valence-corrected chi connectivity index (χ0v) is 21.2. The molecule has 0 bridgehead atoms. The van der Waals surface area contributed by atoms with Gasteiger partial charge in [0.25, 0.3) is 11.5 Å². The molecule has 1 aromatic carbocycles. The van der Waals surface area contributed by atoms with Crippen LogP contribution in [0.3, 0.4) is 0 Å². The minimum atomic E-state index is -4.81. The third-order valence-corrected chi connectivity index (χ3v) is 8.46. The lowest BCUT2D eigenvalue weighted by Crippen LogP contribution is -2.50. The second-order valence-corrected chi connectivity index (χ2v) is 10.9. The van der Waals surface area contributed by atoms with Crippen LogP contribution in [0.2, 0.25) is 5.02 Å². The summed E-state index contributed by atoms with van der Waals surface area (Å²) in [6.07, 6.45) is -1.89. The SMILES string of the molecule is Cc1c(C(=O)N2CCN(S(=O)(=O)c3ccc(Cl)c(C(F)(F)F)c3)CC2)cnn1-c1nn2cccc2c(=O)[nH]1.